The van der Waals surface area contributed by atoms with E-state index in [0.29, 0.717) is 6.04 Å². The molecule has 1 aromatic carbocycles. The maximum Gasteiger partial charge on any atom is 0.125 e. The largest absolute Gasteiger partial charge is 0.237 e. The summed E-state index contributed by atoms with van der Waals surface area (Å²) < 4.78 is 15.6. The van der Waals surface area contributed by atoms with E-state index in [1.807, 2.05) is 24.3 Å². The van der Waals surface area contributed by atoms with Crippen LogP contribution in [0.1, 0.15) is 12.8 Å². The third kappa shape index (κ3) is 2.62. The van der Waals surface area contributed by atoms with Crippen molar-refractivity contribution in [2.45, 2.75) is 23.8 Å². The second-order valence-electron chi connectivity index (χ2n) is 3.12. The SMILES string of the molecule is O=[S@@](NC1CC1)c1cccc(Br)c1. The summed E-state index contributed by atoms with van der Waals surface area (Å²) in [6, 6.07) is 8.05. The van der Waals surface area contributed by atoms with E-state index in [0.717, 1.165) is 22.2 Å². The van der Waals surface area contributed by atoms with Gasteiger partial charge in [0.1, 0.15) is 11.0 Å². The molecule has 4 heteroatoms. The third-order valence-corrected chi connectivity index (χ3v) is 3.58. The highest BCUT2D eigenvalue weighted by atomic mass is 79.9. The van der Waals surface area contributed by atoms with Crippen LogP contribution in [-0.4, -0.2) is 10.3 Å². The first-order chi connectivity index (χ1) is 6.25. The van der Waals surface area contributed by atoms with Gasteiger partial charge in [-0.05, 0) is 31.0 Å². The van der Waals surface area contributed by atoms with Crippen LogP contribution >= 0.6 is 15.9 Å². The molecule has 0 unspecified atom stereocenters. The molecule has 0 heterocycles. The van der Waals surface area contributed by atoms with Gasteiger partial charge in [0.05, 0.1) is 4.90 Å². The van der Waals surface area contributed by atoms with Gasteiger partial charge in [-0.25, -0.2) is 8.93 Å². The average molecular weight is 260 g/mol. The van der Waals surface area contributed by atoms with Gasteiger partial charge in [0.25, 0.3) is 0 Å². The number of halogens is 1. The summed E-state index contributed by atoms with van der Waals surface area (Å²) in [5.41, 5.74) is 0. The molecule has 1 aliphatic carbocycles. The van der Waals surface area contributed by atoms with Gasteiger partial charge in [-0.1, -0.05) is 22.0 Å². The fourth-order valence-corrected chi connectivity index (χ4v) is 2.66. The summed E-state index contributed by atoms with van der Waals surface area (Å²) in [5.74, 6) is 0. The Morgan fingerprint density at radius 2 is 2.23 bits per heavy atom. The van der Waals surface area contributed by atoms with Gasteiger partial charge in [-0.3, -0.25) is 0 Å². The molecule has 0 bridgehead atoms. The highest BCUT2D eigenvalue weighted by Crippen LogP contribution is 2.21. The quantitative estimate of drug-likeness (QED) is 0.887. The third-order valence-electron chi connectivity index (χ3n) is 1.86. The Morgan fingerprint density at radius 3 is 2.85 bits per heavy atom. The van der Waals surface area contributed by atoms with Gasteiger partial charge in [0, 0.05) is 10.5 Å². The lowest BCUT2D eigenvalue weighted by Gasteiger charge is -2.02. The van der Waals surface area contributed by atoms with Crippen molar-refractivity contribution in [2.75, 3.05) is 0 Å². The molecule has 1 aromatic rings. The van der Waals surface area contributed by atoms with Crippen molar-refractivity contribution >= 4 is 26.9 Å². The topological polar surface area (TPSA) is 29.1 Å². The summed E-state index contributed by atoms with van der Waals surface area (Å²) in [6.07, 6.45) is 2.31. The Labute approximate surface area is 88.4 Å². The molecular weight excluding hydrogens is 250 g/mol. The maximum absolute atomic E-state index is 11.6. The van der Waals surface area contributed by atoms with E-state index in [1.54, 1.807) is 0 Å². The first-order valence-corrected chi connectivity index (χ1v) is 6.13. The molecule has 13 heavy (non-hydrogen) atoms. The molecule has 0 amide bonds. The van der Waals surface area contributed by atoms with Crippen LogP contribution in [0, 0.1) is 0 Å². The van der Waals surface area contributed by atoms with Crippen molar-refractivity contribution in [3.63, 3.8) is 0 Å². The highest BCUT2D eigenvalue weighted by molar-refractivity contribution is 9.10. The molecule has 2 rings (SSSR count). The van der Waals surface area contributed by atoms with Crippen LogP contribution < -0.4 is 4.72 Å². The van der Waals surface area contributed by atoms with Crippen molar-refractivity contribution in [3.05, 3.63) is 28.7 Å². The van der Waals surface area contributed by atoms with Gasteiger partial charge >= 0.3 is 0 Å². The Hall–Kier alpha value is -0.190. The predicted octanol–water partition coefficient (Wildman–Crippen LogP) is 2.22. The minimum absolute atomic E-state index is 0.472. The van der Waals surface area contributed by atoms with Crippen molar-refractivity contribution in [1.29, 1.82) is 0 Å². The van der Waals surface area contributed by atoms with Gasteiger partial charge in [-0.2, -0.15) is 0 Å². The Bertz CT molecular complexity index is 338. The molecule has 70 valence electrons. The van der Waals surface area contributed by atoms with Crippen LogP contribution in [-0.2, 0) is 11.0 Å². The smallest absolute Gasteiger partial charge is 0.125 e. The van der Waals surface area contributed by atoms with E-state index < -0.39 is 11.0 Å². The number of benzene rings is 1. The Kier molecular flexibility index (Phi) is 2.81. The van der Waals surface area contributed by atoms with Gasteiger partial charge in [0.15, 0.2) is 0 Å². The highest BCUT2D eigenvalue weighted by Gasteiger charge is 2.23. The standard InChI is InChI=1S/C9H10BrNOS/c10-7-2-1-3-9(6-7)13(12)11-8-4-5-8/h1-3,6,8,11H,4-5H2/t13-/m1/s1. The van der Waals surface area contributed by atoms with Crippen LogP contribution in [0.2, 0.25) is 0 Å². The molecule has 1 fully saturated rings. The van der Waals surface area contributed by atoms with Crippen molar-refractivity contribution in [2.24, 2.45) is 0 Å². The first kappa shape index (κ1) is 9.37. The van der Waals surface area contributed by atoms with Crippen molar-refractivity contribution in [1.82, 2.24) is 4.72 Å². The zero-order valence-corrected chi connectivity index (χ0v) is 9.40. The van der Waals surface area contributed by atoms with Gasteiger partial charge < -0.3 is 0 Å². The van der Waals surface area contributed by atoms with Gasteiger partial charge in [-0.15, -0.1) is 0 Å². The molecule has 0 saturated heterocycles. The molecule has 1 saturated carbocycles. The summed E-state index contributed by atoms with van der Waals surface area (Å²) in [6.45, 7) is 0. The Balaban J connectivity index is 2.09. The summed E-state index contributed by atoms with van der Waals surface area (Å²) in [5, 5.41) is 0. The van der Waals surface area contributed by atoms with Crippen molar-refractivity contribution in [3.8, 4) is 0 Å². The summed E-state index contributed by atoms with van der Waals surface area (Å²) in [4.78, 5) is 0.835. The zero-order valence-electron chi connectivity index (χ0n) is 7.00. The lowest BCUT2D eigenvalue weighted by Crippen LogP contribution is -2.19. The van der Waals surface area contributed by atoms with Crippen molar-refractivity contribution < 1.29 is 4.21 Å². The molecular formula is C9H10BrNOS. The van der Waals surface area contributed by atoms with Crippen LogP contribution in [0.5, 0.6) is 0 Å². The number of nitrogens with one attached hydrogen (secondary N) is 1. The summed E-state index contributed by atoms with van der Waals surface area (Å²) in [7, 11) is -1.04. The van der Waals surface area contributed by atoms with E-state index in [4.69, 9.17) is 0 Å². The van der Waals surface area contributed by atoms with E-state index in [9.17, 15) is 4.21 Å². The molecule has 2 nitrogen and oxygen atoms in total. The van der Waals surface area contributed by atoms with E-state index in [-0.39, 0.29) is 0 Å². The molecule has 0 aliphatic heterocycles. The molecule has 1 N–H and O–H groups in total. The predicted molar refractivity (Wildman–Crippen MR) is 56.7 cm³/mol. The molecule has 1 atom stereocenters. The number of hydrogen-bond donors (Lipinski definition) is 1. The lowest BCUT2D eigenvalue weighted by atomic mass is 10.4. The number of hydrogen-bond acceptors (Lipinski definition) is 1. The molecule has 0 aromatic heterocycles. The fourth-order valence-electron chi connectivity index (χ4n) is 1.00. The summed E-state index contributed by atoms with van der Waals surface area (Å²) >= 11 is 3.35. The van der Waals surface area contributed by atoms with Crippen LogP contribution in [0.4, 0.5) is 0 Å². The second kappa shape index (κ2) is 3.90. The maximum atomic E-state index is 11.6. The minimum atomic E-state index is -1.04. The molecule has 1 aliphatic rings. The first-order valence-electron chi connectivity index (χ1n) is 4.19. The zero-order chi connectivity index (χ0) is 9.26. The second-order valence-corrected chi connectivity index (χ2v) is 5.28. The molecule has 0 radical (unpaired) electrons. The van der Waals surface area contributed by atoms with Crippen LogP contribution in [0.25, 0.3) is 0 Å². The van der Waals surface area contributed by atoms with E-state index in [1.165, 1.54) is 0 Å². The fraction of sp³-hybridized carbons (Fsp3) is 0.333. The van der Waals surface area contributed by atoms with Crippen LogP contribution in [0.15, 0.2) is 33.6 Å². The molecule has 0 spiro atoms. The minimum Gasteiger partial charge on any atom is -0.237 e. The monoisotopic (exact) mass is 259 g/mol. The normalized spacial score (nSPS) is 18.5. The lowest BCUT2D eigenvalue weighted by molar-refractivity contribution is 0.671. The van der Waals surface area contributed by atoms with E-state index >= 15 is 0 Å². The van der Waals surface area contributed by atoms with Gasteiger partial charge in [0.2, 0.25) is 0 Å². The van der Waals surface area contributed by atoms with E-state index in [2.05, 4.69) is 20.7 Å². The Morgan fingerprint density at radius 1 is 1.46 bits per heavy atom. The van der Waals surface area contributed by atoms with Crippen LogP contribution in [0.3, 0.4) is 0 Å². The average Bonchev–Trinajstić information content (AvgIpc) is 2.88. The number of rotatable bonds is 3.